The van der Waals surface area contributed by atoms with Gasteiger partial charge in [-0.2, -0.15) is 0 Å². The van der Waals surface area contributed by atoms with Gasteiger partial charge in [-0.3, -0.25) is 14.5 Å². The first-order valence-electron chi connectivity index (χ1n) is 8.83. The van der Waals surface area contributed by atoms with Gasteiger partial charge in [-0.05, 0) is 43.5 Å². The smallest absolute Gasteiger partial charge is 0.325 e. The molecule has 1 heterocycles. The Bertz CT molecular complexity index is 864. The first kappa shape index (κ1) is 18.6. The second-order valence-electron chi connectivity index (χ2n) is 6.53. The van der Waals surface area contributed by atoms with Gasteiger partial charge in [0.15, 0.2) is 5.78 Å². The van der Waals surface area contributed by atoms with Gasteiger partial charge < -0.3 is 10.1 Å². The standard InChI is InChI=1S/C21H22N2O4/c1-14(24)16-9-11-19(27-2)17(12-16)13-23-20(25)18(22-21(23)26)10-8-15-6-4-3-5-7-15/h3-7,9,11-12,18H,8,10,13H2,1-2H3,(H,22,26). The summed E-state index contributed by atoms with van der Waals surface area (Å²) < 4.78 is 5.31. The SMILES string of the molecule is COc1ccc(C(C)=O)cc1CN1C(=O)NC(CCc2ccccc2)C1=O. The van der Waals surface area contributed by atoms with E-state index in [0.29, 0.717) is 29.7 Å². The maximum Gasteiger partial charge on any atom is 0.325 e. The van der Waals surface area contributed by atoms with E-state index < -0.39 is 12.1 Å². The number of nitrogens with zero attached hydrogens (tertiary/aromatic N) is 1. The van der Waals surface area contributed by atoms with Gasteiger partial charge in [0.25, 0.3) is 5.91 Å². The molecule has 1 aliphatic rings. The average molecular weight is 366 g/mol. The zero-order valence-electron chi connectivity index (χ0n) is 15.4. The van der Waals surface area contributed by atoms with Crippen LogP contribution in [0.25, 0.3) is 0 Å². The summed E-state index contributed by atoms with van der Waals surface area (Å²) in [6, 6.07) is 13.9. The summed E-state index contributed by atoms with van der Waals surface area (Å²) >= 11 is 0. The molecule has 1 atom stereocenters. The van der Waals surface area contributed by atoms with E-state index in [4.69, 9.17) is 4.74 Å². The lowest BCUT2D eigenvalue weighted by atomic mass is 10.0. The zero-order valence-corrected chi connectivity index (χ0v) is 15.4. The number of hydrogen-bond acceptors (Lipinski definition) is 4. The van der Waals surface area contributed by atoms with Crippen LogP contribution in [0.15, 0.2) is 48.5 Å². The Morgan fingerprint density at radius 1 is 1.15 bits per heavy atom. The van der Waals surface area contributed by atoms with Gasteiger partial charge in [0.05, 0.1) is 13.7 Å². The Balaban J connectivity index is 1.72. The average Bonchev–Trinajstić information content (AvgIpc) is 2.94. The summed E-state index contributed by atoms with van der Waals surface area (Å²) in [5.41, 5.74) is 2.25. The van der Waals surface area contributed by atoms with E-state index in [1.165, 1.54) is 18.9 Å². The molecule has 1 N–H and O–H groups in total. The largest absolute Gasteiger partial charge is 0.496 e. The zero-order chi connectivity index (χ0) is 19.4. The minimum atomic E-state index is -0.542. The van der Waals surface area contributed by atoms with E-state index in [9.17, 15) is 14.4 Å². The van der Waals surface area contributed by atoms with Crippen molar-refractivity contribution in [1.82, 2.24) is 10.2 Å². The fraction of sp³-hybridized carbons (Fsp3) is 0.286. The molecule has 2 aromatic rings. The summed E-state index contributed by atoms with van der Waals surface area (Å²) in [6.45, 7) is 1.54. The molecule has 140 valence electrons. The molecule has 6 heteroatoms. The fourth-order valence-electron chi connectivity index (χ4n) is 3.17. The van der Waals surface area contributed by atoms with E-state index in [1.54, 1.807) is 18.2 Å². The number of ether oxygens (including phenoxy) is 1. The number of carbonyl (C=O) groups excluding carboxylic acids is 3. The van der Waals surface area contributed by atoms with Crippen molar-refractivity contribution in [3.05, 3.63) is 65.2 Å². The summed E-state index contributed by atoms with van der Waals surface area (Å²) in [6.07, 6.45) is 1.24. The van der Waals surface area contributed by atoms with Crippen LogP contribution < -0.4 is 10.1 Å². The molecule has 3 amide bonds. The molecule has 6 nitrogen and oxygen atoms in total. The number of aryl methyl sites for hydroxylation is 1. The van der Waals surface area contributed by atoms with Crippen LogP contribution in [0, 0.1) is 0 Å². The van der Waals surface area contributed by atoms with Gasteiger partial charge in [-0.15, -0.1) is 0 Å². The molecule has 0 saturated carbocycles. The van der Waals surface area contributed by atoms with E-state index in [-0.39, 0.29) is 18.2 Å². The van der Waals surface area contributed by atoms with Crippen molar-refractivity contribution < 1.29 is 19.1 Å². The lowest BCUT2D eigenvalue weighted by molar-refractivity contribution is -0.128. The van der Waals surface area contributed by atoms with E-state index >= 15 is 0 Å². The first-order valence-corrected chi connectivity index (χ1v) is 8.83. The van der Waals surface area contributed by atoms with Crippen LogP contribution in [-0.2, 0) is 17.8 Å². The Labute approximate surface area is 158 Å². The van der Waals surface area contributed by atoms with Crippen LogP contribution in [0.2, 0.25) is 0 Å². The summed E-state index contributed by atoms with van der Waals surface area (Å²) in [7, 11) is 1.51. The van der Waals surface area contributed by atoms with Gasteiger partial charge in [-0.1, -0.05) is 30.3 Å². The molecule has 0 aromatic heterocycles. The first-order chi connectivity index (χ1) is 13.0. The minimum absolute atomic E-state index is 0.0663. The number of nitrogens with one attached hydrogen (secondary N) is 1. The molecule has 1 saturated heterocycles. The van der Waals surface area contributed by atoms with Crippen molar-refractivity contribution in [3.63, 3.8) is 0 Å². The van der Waals surface area contributed by atoms with Crippen molar-refractivity contribution in [2.45, 2.75) is 32.4 Å². The maximum absolute atomic E-state index is 12.7. The highest BCUT2D eigenvalue weighted by molar-refractivity contribution is 6.04. The van der Waals surface area contributed by atoms with Crippen molar-refractivity contribution in [2.75, 3.05) is 7.11 Å². The molecular formula is C21H22N2O4. The highest BCUT2D eigenvalue weighted by Crippen LogP contribution is 2.24. The third-order valence-corrected chi connectivity index (χ3v) is 4.69. The predicted molar refractivity (Wildman–Crippen MR) is 101 cm³/mol. The summed E-state index contributed by atoms with van der Waals surface area (Å²) in [5.74, 6) is 0.191. The quantitative estimate of drug-likeness (QED) is 0.604. The second-order valence-corrected chi connectivity index (χ2v) is 6.53. The van der Waals surface area contributed by atoms with E-state index in [0.717, 1.165) is 5.56 Å². The number of ketones is 1. The molecule has 2 aromatic carbocycles. The van der Waals surface area contributed by atoms with E-state index in [1.807, 2.05) is 30.3 Å². The molecule has 3 rings (SSSR count). The number of hydrogen-bond donors (Lipinski definition) is 1. The van der Waals surface area contributed by atoms with Gasteiger partial charge in [0, 0.05) is 11.1 Å². The molecule has 1 fully saturated rings. The number of Topliss-reactive ketones (excluding diaryl/α,β-unsaturated/α-hetero) is 1. The van der Waals surface area contributed by atoms with Crippen LogP contribution in [0.1, 0.15) is 34.8 Å². The van der Waals surface area contributed by atoms with E-state index in [2.05, 4.69) is 5.32 Å². The number of benzene rings is 2. The maximum atomic E-state index is 12.7. The van der Waals surface area contributed by atoms with Crippen LogP contribution in [0.3, 0.4) is 0 Å². The van der Waals surface area contributed by atoms with Crippen LogP contribution in [-0.4, -0.2) is 35.8 Å². The number of urea groups is 1. The van der Waals surface area contributed by atoms with Crippen LogP contribution >= 0.6 is 0 Å². The number of amides is 3. The molecular weight excluding hydrogens is 344 g/mol. The van der Waals surface area contributed by atoms with Crippen molar-refractivity contribution in [1.29, 1.82) is 0 Å². The van der Waals surface area contributed by atoms with Gasteiger partial charge in [0.2, 0.25) is 0 Å². The van der Waals surface area contributed by atoms with Gasteiger partial charge >= 0.3 is 6.03 Å². The number of carbonyl (C=O) groups is 3. The molecule has 27 heavy (non-hydrogen) atoms. The predicted octanol–water partition coefficient (Wildman–Crippen LogP) is 2.95. The Hall–Kier alpha value is -3.15. The molecule has 0 radical (unpaired) electrons. The third kappa shape index (κ3) is 4.16. The van der Waals surface area contributed by atoms with Crippen molar-refractivity contribution in [2.24, 2.45) is 0 Å². The van der Waals surface area contributed by atoms with Crippen molar-refractivity contribution >= 4 is 17.7 Å². The van der Waals surface area contributed by atoms with Crippen molar-refractivity contribution in [3.8, 4) is 5.75 Å². The normalized spacial score (nSPS) is 16.4. The lowest BCUT2D eigenvalue weighted by Gasteiger charge is -2.16. The summed E-state index contributed by atoms with van der Waals surface area (Å²) in [5, 5.41) is 2.75. The molecule has 0 aliphatic carbocycles. The topological polar surface area (TPSA) is 75.7 Å². The highest BCUT2D eigenvalue weighted by atomic mass is 16.5. The summed E-state index contributed by atoms with van der Waals surface area (Å²) in [4.78, 5) is 37.8. The Kier molecular flexibility index (Phi) is 5.54. The molecule has 0 spiro atoms. The minimum Gasteiger partial charge on any atom is -0.496 e. The lowest BCUT2D eigenvalue weighted by Crippen LogP contribution is -2.31. The Morgan fingerprint density at radius 2 is 1.89 bits per heavy atom. The number of rotatable bonds is 7. The highest BCUT2D eigenvalue weighted by Gasteiger charge is 2.37. The third-order valence-electron chi connectivity index (χ3n) is 4.69. The Morgan fingerprint density at radius 3 is 2.56 bits per heavy atom. The molecule has 0 bridgehead atoms. The van der Waals surface area contributed by atoms with Crippen LogP contribution in [0.4, 0.5) is 4.79 Å². The fourth-order valence-corrected chi connectivity index (χ4v) is 3.17. The van der Waals surface area contributed by atoms with Gasteiger partial charge in [0.1, 0.15) is 11.8 Å². The van der Waals surface area contributed by atoms with Gasteiger partial charge in [-0.25, -0.2) is 4.79 Å². The molecule has 1 unspecified atom stereocenters. The number of imide groups is 1. The number of methoxy groups -OCH3 is 1. The molecule has 1 aliphatic heterocycles. The monoisotopic (exact) mass is 366 g/mol. The van der Waals surface area contributed by atoms with Crippen LogP contribution in [0.5, 0.6) is 5.75 Å². The second kappa shape index (κ2) is 8.03.